The van der Waals surface area contributed by atoms with Gasteiger partial charge < -0.3 is 19.6 Å². The van der Waals surface area contributed by atoms with Gasteiger partial charge in [0.15, 0.2) is 0 Å². The van der Waals surface area contributed by atoms with Gasteiger partial charge in [0, 0.05) is 43.2 Å². The second-order valence-electron chi connectivity index (χ2n) is 9.74. The molecule has 5 aromatic rings. The third-order valence-electron chi connectivity index (χ3n) is 6.97. The Morgan fingerprint density at radius 2 is 1.48 bits per heavy atom. The van der Waals surface area contributed by atoms with Crippen LogP contribution in [0.5, 0.6) is 5.75 Å². The zero-order chi connectivity index (χ0) is 29.5. The molecule has 6 rings (SSSR count). The number of fused-ring (bicyclic) bond motifs is 2. The molecule has 0 radical (unpaired) electrons. The number of aromatic nitrogens is 4. The van der Waals surface area contributed by atoms with Crippen molar-refractivity contribution in [3.05, 3.63) is 66.5 Å². The van der Waals surface area contributed by atoms with Crippen LogP contribution in [0.4, 0.5) is 32.0 Å². The molecule has 220 valence electrons. The van der Waals surface area contributed by atoms with E-state index in [-0.39, 0.29) is 27.7 Å². The van der Waals surface area contributed by atoms with E-state index in [9.17, 15) is 26.3 Å². The van der Waals surface area contributed by atoms with Crippen LogP contribution in [-0.4, -0.2) is 69.7 Å². The summed E-state index contributed by atoms with van der Waals surface area (Å²) in [6.07, 6.45) is -4.57. The third kappa shape index (κ3) is 6.14. The van der Waals surface area contributed by atoms with Crippen LogP contribution in [0.25, 0.3) is 33.5 Å². The van der Waals surface area contributed by atoms with Gasteiger partial charge in [-0.25, -0.2) is 9.97 Å². The minimum atomic E-state index is -4.57. The number of piperazine rings is 1. The summed E-state index contributed by atoms with van der Waals surface area (Å²) in [5, 5.41) is 0. The Balaban J connectivity index is 1.07. The third-order valence-corrected chi connectivity index (χ3v) is 7.71. The lowest BCUT2D eigenvalue weighted by molar-refractivity contribution is -0.144. The van der Waals surface area contributed by atoms with Gasteiger partial charge in [0.1, 0.15) is 29.2 Å². The van der Waals surface area contributed by atoms with Crippen molar-refractivity contribution in [2.75, 3.05) is 44.2 Å². The largest absolute Gasteiger partial charge is 0.490 e. The van der Waals surface area contributed by atoms with Crippen molar-refractivity contribution < 1.29 is 31.1 Å². The summed E-state index contributed by atoms with van der Waals surface area (Å²) in [7, 11) is 0. The molecule has 1 fully saturated rings. The molecule has 1 aliphatic heterocycles. The van der Waals surface area contributed by atoms with E-state index in [4.69, 9.17) is 9.72 Å². The van der Waals surface area contributed by atoms with Gasteiger partial charge in [-0.05, 0) is 48.2 Å². The predicted octanol–water partition coefficient (Wildman–Crippen LogP) is 6.94. The Kier molecular flexibility index (Phi) is 7.43. The van der Waals surface area contributed by atoms with Crippen LogP contribution in [0.3, 0.4) is 0 Å². The molecule has 1 aliphatic rings. The molecule has 3 heterocycles. The first-order valence-corrected chi connectivity index (χ1v) is 13.9. The highest BCUT2D eigenvalue weighted by molar-refractivity contribution is 8.00. The van der Waals surface area contributed by atoms with Crippen LogP contribution >= 0.6 is 11.8 Å². The Bertz CT molecular complexity index is 1690. The SMILES string of the molecule is FC(F)(F)Sc1ccc(-c2nc3c(N4CCN(CCOc5cccc6[nH]c(C(F)(F)F)nc56)CC4)cccc3[nH]2)cc1. The quantitative estimate of drug-likeness (QED) is 0.155. The molecule has 0 spiro atoms. The molecule has 2 aromatic heterocycles. The van der Waals surface area contributed by atoms with Crippen LogP contribution in [0.2, 0.25) is 0 Å². The Hall–Kier alpha value is -3.91. The lowest BCUT2D eigenvalue weighted by Gasteiger charge is -2.36. The van der Waals surface area contributed by atoms with Crippen molar-refractivity contribution >= 4 is 39.5 Å². The van der Waals surface area contributed by atoms with Gasteiger partial charge in [-0.3, -0.25) is 4.90 Å². The lowest BCUT2D eigenvalue weighted by Crippen LogP contribution is -2.47. The topological polar surface area (TPSA) is 73.1 Å². The van der Waals surface area contributed by atoms with Gasteiger partial charge in [0.25, 0.3) is 0 Å². The van der Waals surface area contributed by atoms with E-state index in [1.807, 2.05) is 18.2 Å². The van der Waals surface area contributed by atoms with Gasteiger partial charge in [0.2, 0.25) is 5.82 Å². The molecule has 0 atom stereocenters. The summed E-state index contributed by atoms with van der Waals surface area (Å²) in [4.78, 5) is 18.6. The Morgan fingerprint density at radius 3 is 2.17 bits per heavy atom. The van der Waals surface area contributed by atoms with E-state index in [0.29, 0.717) is 30.3 Å². The van der Waals surface area contributed by atoms with Crippen LogP contribution in [0.15, 0.2) is 65.6 Å². The zero-order valence-electron chi connectivity index (χ0n) is 21.9. The number of imidazole rings is 2. The first-order chi connectivity index (χ1) is 20.0. The number of thioether (sulfide) groups is 1. The zero-order valence-corrected chi connectivity index (χ0v) is 22.7. The smallest absolute Gasteiger partial charge is 0.449 e. The predicted molar refractivity (Wildman–Crippen MR) is 149 cm³/mol. The minimum absolute atomic E-state index is 0.111. The van der Waals surface area contributed by atoms with E-state index in [2.05, 4.69) is 24.8 Å². The van der Waals surface area contributed by atoms with Gasteiger partial charge in [-0.1, -0.05) is 24.3 Å². The fraction of sp³-hybridized carbons (Fsp3) is 0.286. The number of H-pyrrole nitrogens is 2. The second-order valence-corrected chi connectivity index (χ2v) is 10.9. The number of rotatable bonds is 7. The van der Waals surface area contributed by atoms with Gasteiger partial charge in [-0.2, -0.15) is 26.3 Å². The highest BCUT2D eigenvalue weighted by atomic mass is 32.2. The maximum atomic E-state index is 13.0. The number of anilines is 1. The van der Waals surface area contributed by atoms with Crippen molar-refractivity contribution in [3.8, 4) is 17.1 Å². The summed E-state index contributed by atoms with van der Waals surface area (Å²) in [5.74, 6) is -0.180. The van der Waals surface area contributed by atoms with Crippen molar-refractivity contribution in [1.29, 1.82) is 0 Å². The summed E-state index contributed by atoms with van der Waals surface area (Å²) in [6, 6.07) is 16.7. The van der Waals surface area contributed by atoms with Crippen molar-refractivity contribution in [3.63, 3.8) is 0 Å². The number of hydrogen-bond donors (Lipinski definition) is 2. The minimum Gasteiger partial charge on any atom is -0.490 e. The molecular weight excluding hydrogens is 582 g/mol. The second kappa shape index (κ2) is 11.1. The number of alkyl halides is 6. The monoisotopic (exact) mass is 606 g/mol. The number of aromatic amines is 2. The first kappa shape index (κ1) is 28.2. The van der Waals surface area contributed by atoms with E-state index in [1.54, 1.807) is 24.3 Å². The van der Waals surface area contributed by atoms with Crippen molar-refractivity contribution in [2.45, 2.75) is 16.6 Å². The number of ether oxygens (including phenoxy) is 1. The van der Waals surface area contributed by atoms with Crippen LogP contribution in [-0.2, 0) is 6.18 Å². The molecular formula is C28H24F6N6OS. The fourth-order valence-corrected chi connectivity index (χ4v) is 5.52. The van der Waals surface area contributed by atoms with Crippen LogP contribution in [0.1, 0.15) is 5.82 Å². The Labute approximate surface area is 239 Å². The fourth-order valence-electron chi connectivity index (χ4n) is 4.98. The maximum absolute atomic E-state index is 13.0. The van der Waals surface area contributed by atoms with E-state index < -0.39 is 17.5 Å². The van der Waals surface area contributed by atoms with Crippen molar-refractivity contribution in [1.82, 2.24) is 24.8 Å². The normalized spacial score (nSPS) is 15.1. The van der Waals surface area contributed by atoms with Gasteiger partial charge in [0.05, 0.1) is 16.7 Å². The number of halogens is 6. The maximum Gasteiger partial charge on any atom is 0.449 e. The number of nitrogens with one attached hydrogen (secondary N) is 2. The lowest BCUT2D eigenvalue weighted by atomic mass is 10.2. The molecule has 0 amide bonds. The van der Waals surface area contributed by atoms with Crippen LogP contribution < -0.4 is 9.64 Å². The van der Waals surface area contributed by atoms with Gasteiger partial charge >= 0.3 is 11.7 Å². The molecule has 0 unspecified atom stereocenters. The number of hydrogen-bond acceptors (Lipinski definition) is 6. The Morgan fingerprint density at radius 1 is 0.786 bits per heavy atom. The molecule has 0 aliphatic carbocycles. The molecule has 42 heavy (non-hydrogen) atoms. The van der Waals surface area contributed by atoms with E-state index >= 15 is 0 Å². The molecule has 3 aromatic carbocycles. The number of nitrogens with zero attached hydrogens (tertiary/aromatic N) is 4. The summed E-state index contributed by atoms with van der Waals surface area (Å²) in [6.45, 7) is 3.86. The molecule has 0 saturated carbocycles. The highest BCUT2D eigenvalue weighted by Crippen LogP contribution is 2.38. The van der Waals surface area contributed by atoms with E-state index in [1.165, 1.54) is 18.2 Å². The molecule has 2 N–H and O–H groups in total. The molecule has 0 bridgehead atoms. The summed E-state index contributed by atoms with van der Waals surface area (Å²) >= 11 is -0.154. The molecule has 14 heteroatoms. The van der Waals surface area contributed by atoms with Crippen LogP contribution in [0, 0.1) is 0 Å². The summed E-state index contributed by atoms with van der Waals surface area (Å²) < 4.78 is 82.9. The molecule has 1 saturated heterocycles. The average molecular weight is 607 g/mol. The van der Waals surface area contributed by atoms with Crippen molar-refractivity contribution in [2.24, 2.45) is 0 Å². The standard InChI is InChI=1S/C28H24F6N6OS/c29-27(30,31)26-36-20-4-2-6-22(24(20)38-26)41-16-15-39-11-13-40(14-12-39)21-5-1-3-19-23(21)37-25(35-19)17-7-9-18(10-8-17)42-28(32,33)34/h1-10H,11-16H2,(H,35,37)(H,36,38). The number of benzene rings is 3. The number of para-hydroxylation sites is 2. The van der Waals surface area contributed by atoms with E-state index in [0.717, 1.165) is 42.9 Å². The average Bonchev–Trinajstić information content (AvgIpc) is 3.58. The summed E-state index contributed by atoms with van der Waals surface area (Å²) in [5.41, 5.74) is -0.670. The van der Waals surface area contributed by atoms with Gasteiger partial charge in [-0.15, -0.1) is 0 Å². The molecule has 7 nitrogen and oxygen atoms in total. The first-order valence-electron chi connectivity index (χ1n) is 13.0. The highest BCUT2D eigenvalue weighted by Gasteiger charge is 2.35.